The van der Waals surface area contributed by atoms with Crippen LogP contribution in [0.2, 0.25) is 0 Å². The van der Waals surface area contributed by atoms with E-state index >= 15 is 0 Å². The lowest BCUT2D eigenvalue weighted by molar-refractivity contribution is 0.132. The Hall–Kier alpha value is -1.30. The average Bonchev–Trinajstić information content (AvgIpc) is 2.81. The zero-order valence-electron chi connectivity index (χ0n) is 9.52. The Labute approximate surface area is 108 Å². The van der Waals surface area contributed by atoms with E-state index in [1.807, 2.05) is 6.07 Å². The maximum atomic E-state index is 11.4. The first-order valence-corrected chi connectivity index (χ1v) is 6.15. The Morgan fingerprint density at radius 2 is 2.47 bits per heavy atom. The second kappa shape index (κ2) is 4.91. The van der Waals surface area contributed by atoms with Crippen molar-refractivity contribution in [3.05, 3.63) is 22.3 Å². The van der Waals surface area contributed by atoms with Gasteiger partial charge < -0.3 is 15.4 Å². The lowest BCUT2D eigenvalue weighted by Crippen LogP contribution is -2.28. The first-order valence-electron chi connectivity index (χ1n) is 5.35. The fraction of sp³-hybridized carbons (Fsp3) is 0.455. The number of aromatic nitrogens is 1. The minimum atomic E-state index is -0.269. The van der Waals surface area contributed by atoms with Gasteiger partial charge in [0, 0.05) is 25.2 Å². The van der Waals surface area contributed by atoms with Crippen LogP contribution in [0.3, 0.4) is 0 Å². The molecule has 1 fully saturated rings. The van der Waals surface area contributed by atoms with Gasteiger partial charge in [-0.3, -0.25) is 0 Å². The fourth-order valence-corrected chi connectivity index (χ4v) is 2.38. The molecule has 1 aliphatic heterocycles. The molecule has 92 valence electrons. The lowest BCUT2D eigenvalue weighted by atomic mass is 10.0. The van der Waals surface area contributed by atoms with Crippen molar-refractivity contribution in [2.75, 3.05) is 25.9 Å². The number of nitrogen functional groups attached to an aromatic ring is 1. The number of ether oxygens (including phenoxy) is 1. The number of methoxy groups -OCH3 is 1. The van der Waals surface area contributed by atoms with E-state index < -0.39 is 0 Å². The third-order valence-corrected chi connectivity index (χ3v) is 3.62. The highest BCUT2D eigenvalue weighted by Crippen LogP contribution is 2.30. The molecule has 6 heteroatoms. The fourth-order valence-electron chi connectivity index (χ4n) is 2.01. The molecule has 1 aliphatic rings. The molecule has 5 nitrogen and oxygen atoms in total. The van der Waals surface area contributed by atoms with Gasteiger partial charge in [0.15, 0.2) is 0 Å². The summed E-state index contributed by atoms with van der Waals surface area (Å²) >= 11 is 3.36. The number of hydrogen-bond acceptors (Lipinski definition) is 4. The lowest BCUT2D eigenvalue weighted by Gasteiger charge is -2.14. The third-order valence-electron chi connectivity index (χ3n) is 2.98. The number of nitrogens with zero attached hydrogens (tertiary/aromatic N) is 2. The van der Waals surface area contributed by atoms with E-state index in [4.69, 9.17) is 10.5 Å². The van der Waals surface area contributed by atoms with Gasteiger partial charge in [0.25, 0.3) is 0 Å². The number of likely N-dealkylation sites (tertiary alicyclic amines) is 1. The number of carbonyl (C=O) groups is 1. The van der Waals surface area contributed by atoms with E-state index in [-0.39, 0.29) is 6.09 Å². The minimum absolute atomic E-state index is 0.269. The van der Waals surface area contributed by atoms with Gasteiger partial charge in [-0.05, 0) is 34.0 Å². The van der Waals surface area contributed by atoms with E-state index in [0.29, 0.717) is 18.3 Å². The van der Waals surface area contributed by atoms with Crippen LogP contribution in [-0.2, 0) is 4.74 Å². The molecule has 0 bridgehead atoms. The highest BCUT2D eigenvalue weighted by atomic mass is 79.9. The molecule has 0 aliphatic carbocycles. The number of rotatable bonds is 1. The maximum Gasteiger partial charge on any atom is 0.409 e. The van der Waals surface area contributed by atoms with Crippen molar-refractivity contribution >= 4 is 27.8 Å². The molecular weight excluding hydrogens is 286 g/mol. The van der Waals surface area contributed by atoms with Crippen LogP contribution in [0.4, 0.5) is 10.6 Å². The first-order chi connectivity index (χ1) is 8.11. The average molecular weight is 300 g/mol. The highest BCUT2D eigenvalue weighted by Gasteiger charge is 2.28. The van der Waals surface area contributed by atoms with Gasteiger partial charge in [-0.2, -0.15) is 0 Å². The zero-order chi connectivity index (χ0) is 12.4. The van der Waals surface area contributed by atoms with Gasteiger partial charge in [-0.1, -0.05) is 0 Å². The van der Waals surface area contributed by atoms with Crippen LogP contribution in [-0.4, -0.2) is 36.2 Å². The van der Waals surface area contributed by atoms with E-state index in [9.17, 15) is 4.79 Å². The summed E-state index contributed by atoms with van der Waals surface area (Å²) in [6.45, 7) is 1.39. The summed E-state index contributed by atoms with van der Waals surface area (Å²) in [5, 5.41) is 0. The van der Waals surface area contributed by atoms with Crippen LogP contribution in [0.15, 0.2) is 16.7 Å². The molecule has 1 aromatic rings. The molecule has 1 saturated heterocycles. The topological polar surface area (TPSA) is 68.5 Å². The molecule has 1 amide bonds. The third kappa shape index (κ3) is 2.52. The van der Waals surface area contributed by atoms with E-state index in [2.05, 4.69) is 20.9 Å². The van der Waals surface area contributed by atoms with E-state index in [1.54, 1.807) is 11.1 Å². The van der Waals surface area contributed by atoms with Crippen molar-refractivity contribution in [2.45, 2.75) is 12.3 Å². The summed E-state index contributed by atoms with van der Waals surface area (Å²) in [6, 6.07) is 1.97. The van der Waals surface area contributed by atoms with Gasteiger partial charge in [0.05, 0.1) is 11.6 Å². The van der Waals surface area contributed by atoms with Crippen molar-refractivity contribution in [2.24, 2.45) is 0 Å². The molecule has 17 heavy (non-hydrogen) atoms. The number of pyridine rings is 1. The molecule has 1 atom stereocenters. The summed E-state index contributed by atoms with van der Waals surface area (Å²) < 4.78 is 5.50. The molecule has 0 radical (unpaired) electrons. The second-order valence-electron chi connectivity index (χ2n) is 4.04. The Morgan fingerprint density at radius 3 is 3.12 bits per heavy atom. The number of amides is 1. The smallest absolute Gasteiger partial charge is 0.409 e. The Bertz CT molecular complexity index is 439. The summed E-state index contributed by atoms with van der Waals surface area (Å²) in [6.07, 6.45) is 2.42. The molecule has 0 spiro atoms. The van der Waals surface area contributed by atoms with Gasteiger partial charge in [-0.15, -0.1) is 0 Å². The quantitative estimate of drug-likeness (QED) is 0.861. The molecular formula is C11H14BrN3O2. The minimum Gasteiger partial charge on any atom is -0.453 e. The van der Waals surface area contributed by atoms with Crippen molar-refractivity contribution in [3.8, 4) is 0 Å². The number of carbonyl (C=O) groups excluding carboxylic acids is 1. The van der Waals surface area contributed by atoms with Gasteiger partial charge in [-0.25, -0.2) is 9.78 Å². The Kier molecular flexibility index (Phi) is 3.51. The highest BCUT2D eigenvalue weighted by molar-refractivity contribution is 9.10. The summed E-state index contributed by atoms with van der Waals surface area (Å²) in [7, 11) is 1.40. The standard InChI is InChI=1S/C11H14BrN3O2/c1-17-11(16)15-3-2-7(6-15)8-4-9(12)10(13)14-5-8/h4-5,7H,2-3,6H2,1H3,(H2,13,14)/t7-/m0/s1. The number of anilines is 1. The number of nitrogens with two attached hydrogens (primary N) is 1. The number of hydrogen-bond donors (Lipinski definition) is 1. The summed E-state index contributed by atoms with van der Waals surface area (Å²) in [5.41, 5.74) is 6.74. The molecule has 2 N–H and O–H groups in total. The predicted molar refractivity (Wildman–Crippen MR) is 67.7 cm³/mol. The van der Waals surface area contributed by atoms with Crippen molar-refractivity contribution in [3.63, 3.8) is 0 Å². The van der Waals surface area contributed by atoms with Crippen LogP contribution >= 0.6 is 15.9 Å². The van der Waals surface area contributed by atoms with Crippen molar-refractivity contribution in [1.29, 1.82) is 0 Å². The van der Waals surface area contributed by atoms with Crippen LogP contribution < -0.4 is 5.73 Å². The molecule has 0 aromatic carbocycles. The van der Waals surface area contributed by atoms with Gasteiger partial charge in [0.2, 0.25) is 0 Å². The molecule has 0 saturated carbocycles. The van der Waals surface area contributed by atoms with Gasteiger partial charge in [0.1, 0.15) is 5.82 Å². The summed E-state index contributed by atoms with van der Waals surface area (Å²) in [5.74, 6) is 0.787. The largest absolute Gasteiger partial charge is 0.453 e. The van der Waals surface area contributed by atoms with Crippen molar-refractivity contribution < 1.29 is 9.53 Å². The second-order valence-corrected chi connectivity index (χ2v) is 4.89. The van der Waals surface area contributed by atoms with Gasteiger partial charge >= 0.3 is 6.09 Å². The Balaban J connectivity index is 2.10. The van der Waals surface area contributed by atoms with Crippen LogP contribution in [0, 0.1) is 0 Å². The zero-order valence-corrected chi connectivity index (χ0v) is 11.1. The Morgan fingerprint density at radius 1 is 1.71 bits per heavy atom. The molecule has 0 unspecified atom stereocenters. The molecule has 2 rings (SSSR count). The van der Waals surface area contributed by atoms with Crippen molar-refractivity contribution in [1.82, 2.24) is 9.88 Å². The van der Waals surface area contributed by atoms with E-state index in [1.165, 1.54) is 7.11 Å². The van der Waals surface area contributed by atoms with Crippen LogP contribution in [0.1, 0.15) is 17.9 Å². The van der Waals surface area contributed by atoms with Crippen LogP contribution in [0.5, 0.6) is 0 Å². The predicted octanol–water partition coefficient (Wildman–Crippen LogP) is 1.98. The monoisotopic (exact) mass is 299 g/mol. The van der Waals surface area contributed by atoms with Crippen LogP contribution in [0.25, 0.3) is 0 Å². The van der Waals surface area contributed by atoms with E-state index in [0.717, 1.165) is 23.0 Å². The first kappa shape index (κ1) is 12.2. The maximum absolute atomic E-state index is 11.4. The molecule has 2 heterocycles. The normalized spacial score (nSPS) is 19.4. The SMILES string of the molecule is COC(=O)N1CC[C@H](c2cnc(N)c(Br)c2)C1. The summed E-state index contributed by atoms with van der Waals surface area (Å²) in [4.78, 5) is 17.2. The number of halogens is 1. The molecule has 1 aromatic heterocycles.